The molecule has 8 aromatic carbocycles. The molecule has 1 aromatic heterocycles. The monoisotopic (exact) mass is 755 g/mol. The van der Waals surface area contributed by atoms with Crippen LogP contribution in [0.3, 0.4) is 0 Å². The third-order valence-corrected chi connectivity index (χ3v) is 11.6. The van der Waals surface area contributed by atoms with Crippen LogP contribution in [0.15, 0.2) is 204 Å². The molecule has 1 aliphatic carbocycles. The summed E-state index contributed by atoms with van der Waals surface area (Å²) in [4.78, 5) is 14.3. The SMILES string of the molecule is C=N/C(=C\C(=NCc1ccc(-c2ccc3c4ccccc4c4ccccc4c3c2)cc1)c1ccc(-c2ccccc2)cc1)c1ccc(-c2cncc3c2C=CCC3)cc1. The fourth-order valence-corrected chi connectivity index (χ4v) is 8.50. The van der Waals surface area contributed by atoms with Crippen LogP contribution in [0.4, 0.5) is 0 Å². The van der Waals surface area contributed by atoms with Crippen molar-refractivity contribution in [3.8, 4) is 33.4 Å². The van der Waals surface area contributed by atoms with Gasteiger partial charge >= 0.3 is 0 Å². The Bertz CT molecular complexity index is 3060. The van der Waals surface area contributed by atoms with E-state index in [0.29, 0.717) is 6.54 Å². The molecule has 3 heteroatoms. The Labute approximate surface area is 345 Å². The number of aromatic nitrogens is 1. The van der Waals surface area contributed by atoms with Gasteiger partial charge in [-0.15, -0.1) is 0 Å². The lowest BCUT2D eigenvalue weighted by Crippen LogP contribution is -2.00. The van der Waals surface area contributed by atoms with Gasteiger partial charge in [-0.25, -0.2) is 0 Å². The highest BCUT2D eigenvalue weighted by Gasteiger charge is 2.14. The molecule has 0 unspecified atom stereocenters. The van der Waals surface area contributed by atoms with E-state index in [0.717, 1.165) is 57.6 Å². The Balaban J connectivity index is 0.972. The van der Waals surface area contributed by atoms with Crippen molar-refractivity contribution in [2.24, 2.45) is 9.98 Å². The summed E-state index contributed by atoms with van der Waals surface area (Å²) < 4.78 is 0. The summed E-state index contributed by atoms with van der Waals surface area (Å²) in [6.45, 7) is 4.51. The lowest BCUT2D eigenvalue weighted by atomic mass is 9.92. The summed E-state index contributed by atoms with van der Waals surface area (Å²) in [5.74, 6) is 0. The molecular formula is C56H41N3. The van der Waals surface area contributed by atoms with Crippen LogP contribution in [0, 0.1) is 0 Å². The van der Waals surface area contributed by atoms with Gasteiger partial charge in [-0.2, -0.15) is 0 Å². The molecule has 1 heterocycles. The lowest BCUT2D eigenvalue weighted by molar-refractivity contribution is 0.972. The summed E-state index contributed by atoms with van der Waals surface area (Å²) in [6, 6.07) is 60.8. The Morgan fingerprint density at radius 3 is 1.80 bits per heavy atom. The van der Waals surface area contributed by atoms with Gasteiger partial charge < -0.3 is 0 Å². The summed E-state index contributed by atoms with van der Waals surface area (Å²) in [5.41, 5.74) is 14.3. The van der Waals surface area contributed by atoms with Crippen LogP contribution in [0.2, 0.25) is 0 Å². The maximum atomic E-state index is 5.24. The number of fused-ring (bicyclic) bond motifs is 7. The fourth-order valence-electron chi connectivity index (χ4n) is 8.50. The number of aryl methyl sites for hydroxylation is 1. The Hall–Kier alpha value is -7.49. The Morgan fingerprint density at radius 1 is 0.542 bits per heavy atom. The first-order valence-corrected chi connectivity index (χ1v) is 20.3. The van der Waals surface area contributed by atoms with Crippen molar-refractivity contribution >= 4 is 56.5 Å². The Kier molecular flexibility index (Phi) is 9.61. The minimum Gasteiger partial charge on any atom is -0.280 e. The van der Waals surface area contributed by atoms with Crippen LogP contribution in [-0.2, 0) is 13.0 Å². The van der Waals surface area contributed by atoms with Crippen LogP contribution < -0.4 is 0 Å². The molecule has 0 aliphatic heterocycles. The quantitative estimate of drug-likeness (QED) is 0.107. The van der Waals surface area contributed by atoms with Gasteiger partial charge in [-0.05, 0) is 114 Å². The van der Waals surface area contributed by atoms with Crippen molar-refractivity contribution < 1.29 is 0 Å². The number of pyridine rings is 1. The van der Waals surface area contributed by atoms with E-state index in [1.54, 1.807) is 0 Å². The first-order valence-electron chi connectivity index (χ1n) is 20.3. The molecule has 0 radical (unpaired) electrons. The molecule has 1 aliphatic rings. The van der Waals surface area contributed by atoms with Gasteiger partial charge in [0.25, 0.3) is 0 Å². The average Bonchev–Trinajstić information content (AvgIpc) is 3.32. The zero-order valence-corrected chi connectivity index (χ0v) is 32.7. The van der Waals surface area contributed by atoms with Gasteiger partial charge in [0, 0.05) is 23.5 Å². The molecule has 0 N–H and O–H groups in total. The molecule has 280 valence electrons. The van der Waals surface area contributed by atoms with Gasteiger partial charge in [-0.3, -0.25) is 15.0 Å². The van der Waals surface area contributed by atoms with Crippen molar-refractivity contribution in [3.63, 3.8) is 0 Å². The number of nitrogens with zero attached hydrogens (tertiary/aromatic N) is 3. The molecule has 0 amide bonds. The van der Waals surface area contributed by atoms with Gasteiger partial charge in [0.1, 0.15) is 0 Å². The summed E-state index contributed by atoms with van der Waals surface area (Å²) in [6.07, 6.45) is 12.6. The summed E-state index contributed by atoms with van der Waals surface area (Å²) in [7, 11) is 0. The minimum absolute atomic E-state index is 0.518. The van der Waals surface area contributed by atoms with E-state index in [9.17, 15) is 0 Å². The van der Waals surface area contributed by atoms with Crippen molar-refractivity contribution in [3.05, 3.63) is 222 Å². The molecule has 3 nitrogen and oxygen atoms in total. The van der Waals surface area contributed by atoms with Gasteiger partial charge in [0.05, 0.1) is 18.0 Å². The van der Waals surface area contributed by atoms with E-state index in [-0.39, 0.29) is 0 Å². The maximum Gasteiger partial charge on any atom is 0.0716 e. The largest absolute Gasteiger partial charge is 0.280 e. The van der Waals surface area contributed by atoms with Crippen LogP contribution in [0.5, 0.6) is 0 Å². The normalized spacial score (nSPS) is 12.9. The second kappa shape index (κ2) is 15.8. The summed E-state index contributed by atoms with van der Waals surface area (Å²) in [5, 5.41) is 7.69. The van der Waals surface area contributed by atoms with E-state index >= 15 is 0 Å². The molecule has 9 aromatic rings. The number of allylic oxidation sites excluding steroid dienone is 2. The predicted octanol–water partition coefficient (Wildman–Crippen LogP) is 14.2. The van der Waals surface area contributed by atoms with Crippen LogP contribution in [0.25, 0.3) is 77.5 Å². The molecule has 0 spiro atoms. The molecule has 59 heavy (non-hydrogen) atoms. The Morgan fingerprint density at radius 2 is 1.10 bits per heavy atom. The van der Waals surface area contributed by atoms with Crippen LogP contribution in [-0.4, -0.2) is 17.4 Å². The third-order valence-electron chi connectivity index (χ3n) is 11.6. The lowest BCUT2D eigenvalue weighted by Gasteiger charge is -2.15. The van der Waals surface area contributed by atoms with Crippen LogP contribution in [0.1, 0.15) is 34.2 Å². The second-order valence-corrected chi connectivity index (χ2v) is 15.2. The van der Waals surface area contributed by atoms with Crippen LogP contribution >= 0.6 is 0 Å². The van der Waals surface area contributed by atoms with E-state index in [1.807, 2.05) is 18.5 Å². The number of aliphatic imine (C=N–C) groups is 2. The smallest absolute Gasteiger partial charge is 0.0716 e. The van der Waals surface area contributed by atoms with E-state index in [1.165, 1.54) is 60.1 Å². The first-order chi connectivity index (χ1) is 29.2. The number of hydrogen-bond donors (Lipinski definition) is 0. The fraction of sp³-hybridized carbons (Fsp3) is 0.0536. The highest BCUT2D eigenvalue weighted by atomic mass is 14.8. The molecule has 10 rings (SSSR count). The standard InChI is InChI=1S/C56H41N3/c1-57-55(43-29-25-42(26-30-43)54-37-58-36-46-13-5-6-14-47(46)54)34-56(44-27-23-40(24-28-44)39-11-3-2-4-12-39)59-35-38-19-21-41(22-20-38)45-31-32-52-50-17-8-7-15-48(50)49-16-9-10-18-51(49)53(52)33-45/h2-4,6-12,14-34,36-37H,1,5,13,35H2/b55-34-,59-56?. The number of benzene rings is 8. The first kappa shape index (κ1) is 35.9. The van der Waals surface area contributed by atoms with Crippen molar-refractivity contribution in [1.82, 2.24) is 4.98 Å². The van der Waals surface area contributed by atoms with Crippen molar-refractivity contribution in [2.75, 3.05) is 0 Å². The zero-order chi connectivity index (χ0) is 39.5. The molecule has 0 saturated heterocycles. The molecule has 0 saturated carbocycles. The average molecular weight is 756 g/mol. The highest BCUT2D eigenvalue weighted by molar-refractivity contribution is 6.25. The zero-order valence-electron chi connectivity index (χ0n) is 32.7. The van der Waals surface area contributed by atoms with Gasteiger partial charge in [0.2, 0.25) is 0 Å². The molecular weight excluding hydrogens is 715 g/mol. The predicted molar refractivity (Wildman–Crippen MR) is 251 cm³/mol. The highest BCUT2D eigenvalue weighted by Crippen LogP contribution is 2.37. The topological polar surface area (TPSA) is 37.6 Å². The third kappa shape index (κ3) is 7.09. The van der Waals surface area contributed by atoms with Crippen molar-refractivity contribution in [2.45, 2.75) is 19.4 Å². The number of rotatable bonds is 9. The maximum absolute atomic E-state index is 5.24. The second-order valence-electron chi connectivity index (χ2n) is 15.2. The van der Waals surface area contributed by atoms with Crippen molar-refractivity contribution in [1.29, 1.82) is 0 Å². The van der Waals surface area contributed by atoms with Gasteiger partial charge in [-0.1, -0.05) is 176 Å². The number of hydrogen-bond acceptors (Lipinski definition) is 3. The van der Waals surface area contributed by atoms with E-state index in [4.69, 9.17) is 4.99 Å². The molecule has 0 bridgehead atoms. The molecule has 0 fully saturated rings. The molecule has 0 atom stereocenters. The van der Waals surface area contributed by atoms with E-state index < -0.39 is 0 Å². The van der Waals surface area contributed by atoms with Gasteiger partial charge in [0.15, 0.2) is 0 Å². The summed E-state index contributed by atoms with van der Waals surface area (Å²) >= 11 is 0. The minimum atomic E-state index is 0.518. The van der Waals surface area contributed by atoms with E-state index in [2.05, 4.69) is 199 Å².